The van der Waals surface area contributed by atoms with E-state index in [1.165, 1.54) is 12.1 Å². The highest BCUT2D eigenvalue weighted by Gasteiger charge is 2.15. The number of hydrogen-bond donors (Lipinski definition) is 2. The van der Waals surface area contributed by atoms with Crippen LogP contribution in [0.5, 0.6) is 0 Å². The molecule has 0 amide bonds. The van der Waals surface area contributed by atoms with Gasteiger partial charge in [0.05, 0.1) is 25.4 Å². The molecule has 2 aromatic carbocycles. The molecule has 0 atom stereocenters. The number of nitrogens with zero attached hydrogens (tertiary/aromatic N) is 2. The zero-order chi connectivity index (χ0) is 19.8. The highest BCUT2D eigenvalue weighted by atomic mass is 19.1. The van der Waals surface area contributed by atoms with E-state index in [9.17, 15) is 8.78 Å². The third-order valence-corrected chi connectivity index (χ3v) is 4.48. The molecular formula is C21H26F2N4O. The van der Waals surface area contributed by atoms with Crippen LogP contribution in [0.15, 0.2) is 47.5 Å². The van der Waals surface area contributed by atoms with Gasteiger partial charge in [-0.2, -0.15) is 0 Å². The van der Waals surface area contributed by atoms with Crippen LogP contribution in [0.1, 0.15) is 18.1 Å². The molecule has 1 saturated heterocycles. The predicted molar refractivity (Wildman–Crippen MR) is 107 cm³/mol. The van der Waals surface area contributed by atoms with E-state index in [4.69, 9.17) is 4.74 Å². The number of aliphatic imine (C=N–C) groups is 1. The summed E-state index contributed by atoms with van der Waals surface area (Å²) in [5.74, 6) is 0.0915. The van der Waals surface area contributed by atoms with Crippen molar-refractivity contribution >= 4 is 11.6 Å². The minimum Gasteiger partial charge on any atom is -0.378 e. The zero-order valence-electron chi connectivity index (χ0n) is 16.0. The number of guanidine groups is 1. The van der Waals surface area contributed by atoms with E-state index in [-0.39, 0.29) is 11.6 Å². The number of hydrogen-bond acceptors (Lipinski definition) is 3. The maximum absolute atomic E-state index is 14.5. The van der Waals surface area contributed by atoms with Crippen molar-refractivity contribution in [2.24, 2.45) is 4.99 Å². The second-order valence-electron chi connectivity index (χ2n) is 6.56. The first-order valence-corrected chi connectivity index (χ1v) is 9.53. The summed E-state index contributed by atoms with van der Waals surface area (Å²) in [6.45, 7) is 6.10. The molecule has 0 radical (unpaired) electrons. The molecule has 0 aliphatic carbocycles. The van der Waals surface area contributed by atoms with Crippen molar-refractivity contribution in [3.05, 3.63) is 65.2 Å². The number of benzene rings is 2. The number of ether oxygens (including phenoxy) is 1. The summed E-state index contributed by atoms with van der Waals surface area (Å²) in [5.41, 5.74) is 2.22. The lowest BCUT2D eigenvalue weighted by atomic mass is 10.1. The van der Waals surface area contributed by atoms with Crippen molar-refractivity contribution in [1.82, 2.24) is 10.6 Å². The lowest BCUT2D eigenvalue weighted by molar-refractivity contribution is 0.122. The molecule has 0 saturated carbocycles. The molecule has 0 unspecified atom stereocenters. The van der Waals surface area contributed by atoms with Gasteiger partial charge in [-0.25, -0.2) is 13.8 Å². The summed E-state index contributed by atoms with van der Waals surface area (Å²) in [7, 11) is 0. The first-order valence-electron chi connectivity index (χ1n) is 9.53. The van der Waals surface area contributed by atoms with E-state index < -0.39 is 0 Å². The first kappa shape index (κ1) is 20.1. The quantitative estimate of drug-likeness (QED) is 0.590. The standard InChI is InChI=1S/C21H26F2N4O/c1-2-24-21(25-14-16-4-3-5-18(22)12-16)26-15-17-6-7-20(19(23)13-17)27-8-10-28-11-9-27/h3-7,12-13H,2,8-11,14-15H2,1H3,(H2,24,25,26). The second kappa shape index (κ2) is 10.0. The van der Waals surface area contributed by atoms with Crippen LogP contribution in [0, 0.1) is 11.6 Å². The molecule has 1 aliphatic heterocycles. The second-order valence-corrected chi connectivity index (χ2v) is 6.56. The summed E-state index contributed by atoms with van der Waals surface area (Å²) in [4.78, 5) is 6.47. The first-order chi connectivity index (χ1) is 13.7. The van der Waals surface area contributed by atoms with Crippen molar-refractivity contribution in [2.45, 2.75) is 20.0 Å². The average molecular weight is 388 g/mol. The summed E-state index contributed by atoms with van der Waals surface area (Å²) < 4.78 is 33.1. The Hall–Kier alpha value is -2.67. The van der Waals surface area contributed by atoms with Crippen LogP contribution in [0.4, 0.5) is 14.5 Å². The van der Waals surface area contributed by atoms with Crippen LogP contribution in [0.3, 0.4) is 0 Å². The van der Waals surface area contributed by atoms with Gasteiger partial charge in [-0.1, -0.05) is 18.2 Å². The lowest BCUT2D eigenvalue weighted by Gasteiger charge is -2.29. The van der Waals surface area contributed by atoms with E-state index in [1.807, 2.05) is 30.0 Å². The van der Waals surface area contributed by atoms with E-state index >= 15 is 0 Å². The molecule has 2 aromatic rings. The topological polar surface area (TPSA) is 48.9 Å². The smallest absolute Gasteiger partial charge is 0.191 e. The maximum atomic E-state index is 14.5. The molecule has 7 heteroatoms. The Balaban J connectivity index is 1.61. The largest absolute Gasteiger partial charge is 0.378 e. The summed E-state index contributed by atoms with van der Waals surface area (Å²) in [6.07, 6.45) is 0. The number of halogens is 2. The Morgan fingerprint density at radius 2 is 1.89 bits per heavy atom. The van der Waals surface area contributed by atoms with Crippen LogP contribution in [-0.4, -0.2) is 38.8 Å². The van der Waals surface area contributed by atoms with Gasteiger partial charge < -0.3 is 20.3 Å². The minimum atomic E-state index is -0.276. The maximum Gasteiger partial charge on any atom is 0.191 e. The number of nitrogens with one attached hydrogen (secondary N) is 2. The zero-order valence-corrected chi connectivity index (χ0v) is 16.0. The van der Waals surface area contributed by atoms with Gasteiger partial charge in [0.1, 0.15) is 11.6 Å². The van der Waals surface area contributed by atoms with Gasteiger partial charge in [0.25, 0.3) is 0 Å². The van der Waals surface area contributed by atoms with Gasteiger partial charge in [0.2, 0.25) is 0 Å². The SMILES string of the molecule is CCNC(=NCc1cccc(F)c1)NCc1ccc(N2CCOCC2)c(F)c1. The van der Waals surface area contributed by atoms with Crippen LogP contribution in [0.2, 0.25) is 0 Å². The Labute approximate surface area is 164 Å². The molecule has 1 aliphatic rings. The monoisotopic (exact) mass is 388 g/mol. The normalized spacial score (nSPS) is 14.8. The van der Waals surface area contributed by atoms with Crippen LogP contribution in [0.25, 0.3) is 0 Å². The molecule has 0 spiro atoms. The molecule has 28 heavy (non-hydrogen) atoms. The number of anilines is 1. The Morgan fingerprint density at radius 1 is 1.07 bits per heavy atom. The van der Waals surface area contributed by atoms with Gasteiger partial charge >= 0.3 is 0 Å². The highest BCUT2D eigenvalue weighted by molar-refractivity contribution is 5.79. The Bertz CT molecular complexity index is 807. The van der Waals surface area contributed by atoms with Crippen molar-refractivity contribution in [3.63, 3.8) is 0 Å². The van der Waals surface area contributed by atoms with Gasteiger partial charge in [0.15, 0.2) is 5.96 Å². The van der Waals surface area contributed by atoms with E-state index in [1.54, 1.807) is 12.1 Å². The van der Waals surface area contributed by atoms with Gasteiger partial charge in [-0.05, 0) is 42.3 Å². The molecule has 2 N–H and O–H groups in total. The van der Waals surface area contributed by atoms with Crippen molar-refractivity contribution in [2.75, 3.05) is 37.7 Å². The third kappa shape index (κ3) is 5.66. The fourth-order valence-electron chi connectivity index (χ4n) is 3.05. The van der Waals surface area contributed by atoms with Gasteiger partial charge in [0, 0.05) is 26.2 Å². The van der Waals surface area contributed by atoms with Crippen LogP contribution in [-0.2, 0) is 17.8 Å². The summed E-state index contributed by atoms with van der Waals surface area (Å²) >= 11 is 0. The third-order valence-electron chi connectivity index (χ3n) is 4.48. The number of rotatable bonds is 6. The summed E-state index contributed by atoms with van der Waals surface area (Å²) in [6, 6.07) is 11.6. The lowest BCUT2D eigenvalue weighted by Crippen LogP contribution is -2.37. The fraction of sp³-hybridized carbons (Fsp3) is 0.381. The minimum absolute atomic E-state index is 0.233. The molecule has 3 rings (SSSR count). The molecule has 1 fully saturated rings. The molecular weight excluding hydrogens is 362 g/mol. The van der Waals surface area contributed by atoms with E-state index in [0.717, 1.165) is 11.1 Å². The molecule has 150 valence electrons. The predicted octanol–water partition coefficient (Wildman–Crippen LogP) is 3.06. The van der Waals surface area contributed by atoms with Crippen molar-refractivity contribution in [1.29, 1.82) is 0 Å². The molecule has 0 bridgehead atoms. The van der Waals surface area contributed by atoms with Crippen molar-refractivity contribution < 1.29 is 13.5 Å². The Morgan fingerprint density at radius 3 is 2.61 bits per heavy atom. The Kier molecular flexibility index (Phi) is 7.19. The fourth-order valence-corrected chi connectivity index (χ4v) is 3.05. The van der Waals surface area contributed by atoms with Gasteiger partial charge in [-0.3, -0.25) is 0 Å². The van der Waals surface area contributed by atoms with Gasteiger partial charge in [-0.15, -0.1) is 0 Å². The summed E-state index contributed by atoms with van der Waals surface area (Å²) in [5, 5.41) is 6.34. The average Bonchev–Trinajstić information content (AvgIpc) is 2.71. The highest BCUT2D eigenvalue weighted by Crippen LogP contribution is 2.21. The van der Waals surface area contributed by atoms with E-state index in [0.29, 0.717) is 57.6 Å². The van der Waals surface area contributed by atoms with Crippen LogP contribution >= 0.6 is 0 Å². The molecule has 5 nitrogen and oxygen atoms in total. The van der Waals surface area contributed by atoms with Crippen molar-refractivity contribution in [3.8, 4) is 0 Å². The van der Waals surface area contributed by atoms with Crippen LogP contribution < -0.4 is 15.5 Å². The number of morpholine rings is 1. The molecule has 1 heterocycles. The molecule has 0 aromatic heterocycles. The van der Waals surface area contributed by atoms with E-state index in [2.05, 4.69) is 15.6 Å².